The van der Waals surface area contributed by atoms with Crippen LogP contribution in [0.2, 0.25) is 0 Å². The number of rotatable bonds is 8. The highest BCUT2D eigenvalue weighted by molar-refractivity contribution is 6.03. The van der Waals surface area contributed by atoms with Gasteiger partial charge in [-0.05, 0) is 31.9 Å². The summed E-state index contributed by atoms with van der Waals surface area (Å²) in [6, 6.07) is 3.89. The van der Waals surface area contributed by atoms with Gasteiger partial charge in [-0.1, -0.05) is 6.92 Å². The van der Waals surface area contributed by atoms with Crippen molar-refractivity contribution in [3.63, 3.8) is 0 Å². The van der Waals surface area contributed by atoms with E-state index in [0.717, 1.165) is 0 Å². The molecule has 0 saturated heterocycles. The molecule has 26 heavy (non-hydrogen) atoms. The lowest BCUT2D eigenvalue weighted by molar-refractivity contribution is -0.385. The quantitative estimate of drug-likeness (QED) is 0.439. The van der Waals surface area contributed by atoms with Crippen LogP contribution in [0.15, 0.2) is 18.2 Å². The fourth-order valence-electron chi connectivity index (χ4n) is 2.85. The van der Waals surface area contributed by atoms with Crippen LogP contribution in [-0.4, -0.2) is 35.2 Å². The zero-order valence-corrected chi connectivity index (χ0v) is 15.0. The average Bonchev–Trinajstić information content (AvgIpc) is 2.95. The number of Topliss-reactive ketones (excluding diaryl/α,β-unsaturated/α-hetero) is 2. The summed E-state index contributed by atoms with van der Waals surface area (Å²) in [6.07, 6.45) is 0.514. The maximum absolute atomic E-state index is 12.6. The summed E-state index contributed by atoms with van der Waals surface area (Å²) in [4.78, 5) is 37.7. The number of benzene rings is 1. The van der Waals surface area contributed by atoms with Gasteiger partial charge in [0.15, 0.2) is 23.9 Å². The van der Waals surface area contributed by atoms with Crippen LogP contribution in [0.4, 0.5) is 5.69 Å². The Morgan fingerprint density at radius 1 is 1.27 bits per heavy atom. The second-order valence-corrected chi connectivity index (χ2v) is 5.69. The standard InChI is InChI=1S/C18H20N2O6/c1-5-13-17(11(3)21)10(2)19-18(13)14(22)9-26-16-8-12(20(23)24)6-7-15(16)25-4/h6-8,19H,5,9H2,1-4H3. The number of aromatic nitrogens is 1. The Labute approximate surface area is 150 Å². The third kappa shape index (κ3) is 3.74. The topological polar surface area (TPSA) is 112 Å². The van der Waals surface area contributed by atoms with Gasteiger partial charge in [0.1, 0.15) is 0 Å². The highest BCUT2D eigenvalue weighted by Crippen LogP contribution is 2.31. The first-order chi connectivity index (χ1) is 12.3. The summed E-state index contributed by atoms with van der Waals surface area (Å²) >= 11 is 0. The van der Waals surface area contributed by atoms with Gasteiger partial charge >= 0.3 is 0 Å². The summed E-state index contributed by atoms with van der Waals surface area (Å²) in [5.41, 5.74) is 1.95. The van der Waals surface area contributed by atoms with Crippen LogP contribution in [0.25, 0.3) is 0 Å². The molecule has 0 bridgehead atoms. The van der Waals surface area contributed by atoms with Crippen molar-refractivity contribution in [3.8, 4) is 11.5 Å². The molecular formula is C18H20N2O6. The highest BCUT2D eigenvalue weighted by Gasteiger charge is 2.22. The summed E-state index contributed by atoms with van der Waals surface area (Å²) in [5.74, 6) is -0.0868. The zero-order chi connectivity index (χ0) is 19.4. The number of hydrogen-bond acceptors (Lipinski definition) is 6. The molecule has 8 nitrogen and oxygen atoms in total. The molecule has 1 aromatic heterocycles. The van der Waals surface area contributed by atoms with E-state index in [1.54, 1.807) is 6.92 Å². The number of non-ortho nitro benzene ring substituents is 1. The minimum atomic E-state index is -0.559. The summed E-state index contributed by atoms with van der Waals surface area (Å²) in [5, 5.41) is 10.9. The molecule has 0 aliphatic carbocycles. The molecule has 2 rings (SSSR count). The SMILES string of the molecule is CCc1c(C(=O)COc2cc([N+](=O)[O-])ccc2OC)[nH]c(C)c1C(C)=O. The minimum Gasteiger partial charge on any atom is -0.493 e. The Bertz CT molecular complexity index is 869. The predicted molar refractivity (Wildman–Crippen MR) is 94.4 cm³/mol. The number of nitro benzene ring substituents is 1. The Kier molecular flexibility index (Phi) is 5.76. The Balaban J connectivity index is 2.27. The number of H-pyrrole nitrogens is 1. The van der Waals surface area contributed by atoms with E-state index < -0.39 is 4.92 Å². The van der Waals surface area contributed by atoms with Gasteiger partial charge in [0, 0.05) is 17.3 Å². The van der Waals surface area contributed by atoms with Crippen molar-refractivity contribution in [2.75, 3.05) is 13.7 Å². The first-order valence-corrected chi connectivity index (χ1v) is 8.00. The molecule has 8 heteroatoms. The van der Waals surface area contributed by atoms with Gasteiger partial charge in [0.25, 0.3) is 5.69 Å². The number of ether oxygens (including phenoxy) is 2. The average molecular weight is 360 g/mol. The van der Waals surface area contributed by atoms with E-state index in [2.05, 4.69) is 4.98 Å². The predicted octanol–water partition coefficient (Wildman–Crippen LogP) is 3.27. The molecular weight excluding hydrogens is 340 g/mol. The molecule has 0 saturated carbocycles. The first kappa shape index (κ1) is 19.2. The smallest absolute Gasteiger partial charge is 0.273 e. The molecule has 1 heterocycles. The van der Waals surface area contributed by atoms with Crippen molar-refractivity contribution in [2.45, 2.75) is 27.2 Å². The highest BCUT2D eigenvalue weighted by atomic mass is 16.6. The van der Waals surface area contributed by atoms with Crippen molar-refractivity contribution < 1.29 is 24.0 Å². The van der Waals surface area contributed by atoms with Crippen molar-refractivity contribution in [1.82, 2.24) is 4.98 Å². The Morgan fingerprint density at radius 3 is 2.50 bits per heavy atom. The number of aromatic amines is 1. The van der Waals surface area contributed by atoms with Gasteiger partial charge < -0.3 is 14.5 Å². The molecule has 1 N–H and O–H groups in total. The Morgan fingerprint density at radius 2 is 1.96 bits per heavy atom. The van der Waals surface area contributed by atoms with Crippen LogP contribution in [0.3, 0.4) is 0 Å². The molecule has 0 aliphatic heterocycles. The Hall–Kier alpha value is -3.16. The minimum absolute atomic E-state index is 0.100. The van der Waals surface area contributed by atoms with Gasteiger partial charge in [-0.15, -0.1) is 0 Å². The van der Waals surface area contributed by atoms with E-state index in [1.165, 1.54) is 32.2 Å². The third-order valence-corrected chi connectivity index (χ3v) is 3.99. The molecule has 1 aromatic carbocycles. The fraction of sp³-hybridized carbons (Fsp3) is 0.333. The number of nitro groups is 1. The van der Waals surface area contributed by atoms with Crippen LogP contribution in [0, 0.1) is 17.0 Å². The van der Waals surface area contributed by atoms with Crippen molar-refractivity contribution >= 4 is 17.3 Å². The largest absolute Gasteiger partial charge is 0.493 e. The fourth-order valence-corrected chi connectivity index (χ4v) is 2.85. The number of nitrogens with zero attached hydrogens (tertiary/aromatic N) is 1. The number of methoxy groups -OCH3 is 1. The lowest BCUT2D eigenvalue weighted by Crippen LogP contribution is -2.14. The van der Waals surface area contributed by atoms with Crippen molar-refractivity contribution in [3.05, 3.63) is 50.8 Å². The van der Waals surface area contributed by atoms with Crippen LogP contribution < -0.4 is 9.47 Å². The maximum atomic E-state index is 12.6. The zero-order valence-electron chi connectivity index (χ0n) is 15.0. The third-order valence-electron chi connectivity index (χ3n) is 3.99. The van der Waals surface area contributed by atoms with Gasteiger partial charge in [-0.25, -0.2) is 0 Å². The van der Waals surface area contributed by atoms with E-state index in [-0.39, 0.29) is 35.4 Å². The summed E-state index contributed by atoms with van der Waals surface area (Å²) in [6.45, 7) is 4.70. The van der Waals surface area contributed by atoms with Gasteiger partial charge in [0.2, 0.25) is 5.78 Å². The van der Waals surface area contributed by atoms with E-state index in [0.29, 0.717) is 28.9 Å². The molecule has 0 amide bonds. The van der Waals surface area contributed by atoms with Crippen molar-refractivity contribution in [1.29, 1.82) is 0 Å². The number of aryl methyl sites for hydroxylation is 1. The monoisotopic (exact) mass is 360 g/mol. The van der Waals surface area contributed by atoms with Crippen LogP contribution >= 0.6 is 0 Å². The number of nitrogens with one attached hydrogen (secondary N) is 1. The van der Waals surface area contributed by atoms with Crippen LogP contribution in [-0.2, 0) is 6.42 Å². The molecule has 0 spiro atoms. The second-order valence-electron chi connectivity index (χ2n) is 5.69. The van der Waals surface area contributed by atoms with Crippen LogP contribution in [0.1, 0.15) is 46.0 Å². The van der Waals surface area contributed by atoms with Crippen molar-refractivity contribution in [2.24, 2.45) is 0 Å². The number of carbonyl (C=O) groups excluding carboxylic acids is 2. The first-order valence-electron chi connectivity index (χ1n) is 8.00. The van der Waals surface area contributed by atoms with E-state index in [1.807, 2.05) is 6.92 Å². The molecule has 0 atom stereocenters. The van der Waals surface area contributed by atoms with Gasteiger partial charge in [-0.2, -0.15) is 0 Å². The van der Waals surface area contributed by atoms with E-state index in [4.69, 9.17) is 9.47 Å². The summed E-state index contributed by atoms with van der Waals surface area (Å²) in [7, 11) is 1.40. The molecule has 0 fully saturated rings. The molecule has 0 radical (unpaired) electrons. The molecule has 138 valence electrons. The molecule has 0 aliphatic rings. The molecule has 0 unspecified atom stereocenters. The maximum Gasteiger partial charge on any atom is 0.273 e. The van der Waals surface area contributed by atoms with Gasteiger partial charge in [0.05, 0.1) is 23.8 Å². The van der Waals surface area contributed by atoms with Gasteiger partial charge in [-0.3, -0.25) is 19.7 Å². The van der Waals surface area contributed by atoms with Crippen LogP contribution in [0.5, 0.6) is 11.5 Å². The second kappa shape index (κ2) is 7.81. The number of carbonyl (C=O) groups is 2. The summed E-state index contributed by atoms with van der Waals surface area (Å²) < 4.78 is 10.6. The lowest BCUT2D eigenvalue weighted by atomic mass is 10.0. The van der Waals surface area contributed by atoms with E-state index in [9.17, 15) is 19.7 Å². The van der Waals surface area contributed by atoms with E-state index >= 15 is 0 Å². The lowest BCUT2D eigenvalue weighted by Gasteiger charge is -2.10. The molecule has 2 aromatic rings. The normalized spacial score (nSPS) is 10.5. The number of hydrogen-bond donors (Lipinski definition) is 1. The number of ketones is 2.